The zero-order valence-corrected chi connectivity index (χ0v) is 16.4. The molecular formula is C21H31N3O3. The van der Waals surface area contributed by atoms with Crippen LogP contribution in [0.5, 0.6) is 0 Å². The Morgan fingerprint density at radius 2 is 1.67 bits per heavy atom. The normalized spacial score (nSPS) is 19.7. The molecule has 6 heteroatoms. The summed E-state index contributed by atoms with van der Waals surface area (Å²) >= 11 is 0. The van der Waals surface area contributed by atoms with Gasteiger partial charge in [0.1, 0.15) is 0 Å². The molecule has 0 bridgehead atoms. The van der Waals surface area contributed by atoms with Gasteiger partial charge in [0.05, 0.1) is 19.6 Å². The quantitative estimate of drug-likeness (QED) is 0.804. The number of carbonyl (C=O) groups excluding carboxylic acids is 2. The van der Waals surface area contributed by atoms with Gasteiger partial charge in [0.25, 0.3) is 0 Å². The lowest BCUT2D eigenvalue weighted by Gasteiger charge is -2.32. The van der Waals surface area contributed by atoms with E-state index in [1.54, 1.807) is 0 Å². The fourth-order valence-corrected chi connectivity index (χ4v) is 3.92. The molecule has 148 valence electrons. The van der Waals surface area contributed by atoms with E-state index in [-0.39, 0.29) is 17.8 Å². The zero-order valence-electron chi connectivity index (χ0n) is 16.4. The van der Waals surface area contributed by atoms with Crippen molar-refractivity contribution in [2.24, 2.45) is 11.8 Å². The summed E-state index contributed by atoms with van der Waals surface area (Å²) in [6.45, 7) is 6.38. The maximum absolute atomic E-state index is 12.3. The summed E-state index contributed by atoms with van der Waals surface area (Å²) < 4.78 is 4.80. The minimum atomic E-state index is -0.137. The van der Waals surface area contributed by atoms with Gasteiger partial charge < -0.3 is 15.0 Å². The van der Waals surface area contributed by atoms with E-state index >= 15 is 0 Å². The van der Waals surface area contributed by atoms with Gasteiger partial charge in [-0.15, -0.1) is 0 Å². The van der Waals surface area contributed by atoms with E-state index in [2.05, 4.69) is 34.2 Å². The number of hydrogen-bond acceptors (Lipinski definition) is 5. The first kappa shape index (κ1) is 19.7. The van der Waals surface area contributed by atoms with Crippen LogP contribution in [0.15, 0.2) is 24.3 Å². The zero-order chi connectivity index (χ0) is 19.2. The van der Waals surface area contributed by atoms with Gasteiger partial charge in [-0.05, 0) is 69.0 Å². The highest BCUT2D eigenvalue weighted by molar-refractivity contribution is 5.92. The van der Waals surface area contributed by atoms with Crippen molar-refractivity contribution >= 4 is 23.3 Å². The summed E-state index contributed by atoms with van der Waals surface area (Å²) in [6, 6.07) is 8.14. The Morgan fingerprint density at radius 1 is 1.04 bits per heavy atom. The number of amides is 1. The predicted molar refractivity (Wildman–Crippen MR) is 107 cm³/mol. The third-order valence-electron chi connectivity index (χ3n) is 5.79. The number of rotatable bonds is 5. The monoisotopic (exact) mass is 373 g/mol. The fourth-order valence-electron chi connectivity index (χ4n) is 3.92. The molecule has 2 aliphatic heterocycles. The summed E-state index contributed by atoms with van der Waals surface area (Å²) in [5.74, 6) is 0.644. The summed E-state index contributed by atoms with van der Waals surface area (Å²) in [6.07, 6.45) is 3.99. The average Bonchev–Trinajstić information content (AvgIpc) is 2.69. The first-order valence-electron chi connectivity index (χ1n) is 10.00. The van der Waals surface area contributed by atoms with Gasteiger partial charge in [-0.3, -0.25) is 14.5 Å². The van der Waals surface area contributed by atoms with Crippen LogP contribution >= 0.6 is 0 Å². The minimum Gasteiger partial charge on any atom is -0.469 e. The van der Waals surface area contributed by atoms with E-state index in [1.807, 2.05) is 12.1 Å². The van der Waals surface area contributed by atoms with E-state index in [9.17, 15) is 9.59 Å². The number of anilines is 2. The molecule has 0 atom stereocenters. The molecule has 27 heavy (non-hydrogen) atoms. The van der Waals surface area contributed by atoms with E-state index in [0.717, 1.165) is 50.6 Å². The van der Waals surface area contributed by atoms with Gasteiger partial charge in [0.2, 0.25) is 5.91 Å². The molecule has 2 heterocycles. The smallest absolute Gasteiger partial charge is 0.308 e. The van der Waals surface area contributed by atoms with Crippen LogP contribution in [0.1, 0.15) is 32.6 Å². The third-order valence-corrected chi connectivity index (χ3v) is 5.79. The lowest BCUT2D eigenvalue weighted by atomic mass is 9.97. The van der Waals surface area contributed by atoms with Gasteiger partial charge in [0.15, 0.2) is 0 Å². The molecule has 3 rings (SSSR count). The Morgan fingerprint density at radius 3 is 2.26 bits per heavy atom. The van der Waals surface area contributed by atoms with Gasteiger partial charge in [-0.1, -0.05) is 6.92 Å². The molecule has 1 aromatic rings. The average molecular weight is 373 g/mol. The van der Waals surface area contributed by atoms with Crippen molar-refractivity contribution in [1.82, 2.24) is 4.90 Å². The van der Waals surface area contributed by atoms with Crippen LogP contribution in [0, 0.1) is 11.8 Å². The number of nitrogens with one attached hydrogen (secondary N) is 1. The van der Waals surface area contributed by atoms with Crippen LogP contribution in [-0.2, 0) is 14.3 Å². The molecule has 1 aromatic carbocycles. The van der Waals surface area contributed by atoms with Crippen molar-refractivity contribution in [3.63, 3.8) is 0 Å². The van der Waals surface area contributed by atoms with E-state index < -0.39 is 0 Å². The van der Waals surface area contributed by atoms with Crippen LogP contribution < -0.4 is 10.2 Å². The minimum absolute atomic E-state index is 0.00827. The Labute approximate surface area is 161 Å². The lowest BCUT2D eigenvalue weighted by Crippen LogP contribution is -2.41. The highest BCUT2D eigenvalue weighted by atomic mass is 16.5. The van der Waals surface area contributed by atoms with E-state index in [0.29, 0.717) is 6.54 Å². The van der Waals surface area contributed by atoms with Crippen molar-refractivity contribution in [3.8, 4) is 0 Å². The van der Waals surface area contributed by atoms with Crippen LogP contribution in [0.25, 0.3) is 0 Å². The standard InChI is InChI=1S/C21H31N3O3/c1-16-7-13-24(14-8-16)19-5-3-18(4-6-19)22-20(25)15-23-11-9-17(10-12-23)21(26)27-2/h3-6,16-17H,7-15H2,1-2H3,(H,22,25). The predicted octanol–water partition coefficient (Wildman–Crippen LogP) is 2.75. The molecule has 2 fully saturated rings. The van der Waals surface area contributed by atoms with Gasteiger partial charge in [-0.2, -0.15) is 0 Å². The number of hydrogen-bond donors (Lipinski definition) is 1. The van der Waals surface area contributed by atoms with Crippen molar-refractivity contribution in [3.05, 3.63) is 24.3 Å². The Bertz CT molecular complexity index is 631. The second kappa shape index (κ2) is 9.22. The van der Waals surface area contributed by atoms with Crippen LogP contribution in [0.3, 0.4) is 0 Å². The molecule has 0 aliphatic carbocycles. The lowest BCUT2D eigenvalue weighted by molar-refractivity contribution is -0.147. The molecule has 6 nitrogen and oxygen atoms in total. The number of ether oxygens (including phenoxy) is 1. The number of esters is 1. The molecule has 1 N–H and O–H groups in total. The summed E-state index contributed by atoms with van der Waals surface area (Å²) in [7, 11) is 1.43. The van der Waals surface area contributed by atoms with E-state index in [4.69, 9.17) is 4.74 Å². The van der Waals surface area contributed by atoms with Gasteiger partial charge in [-0.25, -0.2) is 0 Å². The summed E-state index contributed by atoms with van der Waals surface area (Å²) in [5, 5.41) is 2.98. The van der Waals surface area contributed by atoms with Crippen LogP contribution in [0.4, 0.5) is 11.4 Å². The topological polar surface area (TPSA) is 61.9 Å². The highest BCUT2D eigenvalue weighted by Gasteiger charge is 2.26. The first-order chi connectivity index (χ1) is 13.0. The van der Waals surface area contributed by atoms with Gasteiger partial charge in [0, 0.05) is 24.5 Å². The summed E-state index contributed by atoms with van der Waals surface area (Å²) in [4.78, 5) is 28.4. The highest BCUT2D eigenvalue weighted by Crippen LogP contribution is 2.24. The molecule has 1 amide bonds. The number of benzene rings is 1. The molecule has 0 radical (unpaired) electrons. The maximum atomic E-state index is 12.3. The van der Waals surface area contributed by atoms with Crippen molar-refractivity contribution in [2.75, 3.05) is 50.1 Å². The molecule has 0 saturated carbocycles. The molecule has 0 spiro atoms. The maximum Gasteiger partial charge on any atom is 0.308 e. The van der Waals surface area contributed by atoms with E-state index in [1.165, 1.54) is 25.6 Å². The molecule has 2 saturated heterocycles. The summed E-state index contributed by atoms with van der Waals surface area (Å²) in [5.41, 5.74) is 2.06. The van der Waals surface area contributed by atoms with Crippen molar-refractivity contribution in [2.45, 2.75) is 32.6 Å². The molecule has 0 aromatic heterocycles. The van der Waals surface area contributed by atoms with Crippen molar-refractivity contribution < 1.29 is 14.3 Å². The second-order valence-electron chi connectivity index (χ2n) is 7.84. The second-order valence-corrected chi connectivity index (χ2v) is 7.84. The largest absolute Gasteiger partial charge is 0.469 e. The first-order valence-corrected chi connectivity index (χ1v) is 10.00. The Balaban J connectivity index is 1.44. The molecule has 2 aliphatic rings. The number of likely N-dealkylation sites (tertiary alicyclic amines) is 1. The molecular weight excluding hydrogens is 342 g/mol. The number of methoxy groups -OCH3 is 1. The number of carbonyl (C=O) groups is 2. The van der Waals surface area contributed by atoms with Crippen LogP contribution in [-0.4, -0.2) is 56.6 Å². The molecule has 0 unspecified atom stereocenters. The number of nitrogens with zero attached hydrogens (tertiary/aromatic N) is 2. The van der Waals surface area contributed by atoms with Crippen molar-refractivity contribution in [1.29, 1.82) is 0 Å². The fraction of sp³-hybridized carbons (Fsp3) is 0.619. The third kappa shape index (κ3) is 5.45. The Kier molecular flexibility index (Phi) is 6.72. The van der Waals surface area contributed by atoms with Gasteiger partial charge >= 0.3 is 5.97 Å². The number of piperidine rings is 2. The van der Waals surface area contributed by atoms with Crippen LogP contribution in [0.2, 0.25) is 0 Å². The SMILES string of the molecule is COC(=O)C1CCN(CC(=O)Nc2ccc(N3CCC(C)CC3)cc2)CC1. The Hall–Kier alpha value is -2.08.